The van der Waals surface area contributed by atoms with Crippen LogP contribution in [-0.2, 0) is 9.59 Å². The molecule has 0 aromatic rings. The Labute approximate surface area is 150 Å². The zero-order valence-corrected chi connectivity index (χ0v) is 16.2. The van der Waals surface area contributed by atoms with Crippen LogP contribution in [0.2, 0.25) is 0 Å². The molecule has 7 nitrogen and oxygen atoms in total. The quantitative estimate of drug-likeness (QED) is 0.828. The lowest BCUT2D eigenvalue weighted by Gasteiger charge is -2.33. The highest BCUT2D eigenvalue weighted by molar-refractivity contribution is 5.83. The molecule has 0 aliphatic carbocycles. The predicted molar refractivity (Wildman–Crippen MR) is 96.0 cm³/mol. The van der Waals surface area contributed by atoms with Crippen LogP contribution in [0.1, 0.15) is 40.0 Å². The molecule has 1 N–H and O–H groups in total. The molecule has 2 fully saturated rings. The Bertz CT molecular complexity index is 519. The van der Waals surface area contributed by atoms with E-state index in [1.165, 1.54) is 0 Å². The summed E-state index contributed by atoms with van der Waals surface area (Å²) in [5.41, 5.74) is 0.0559. The smallest absolute Gasteiger partial charge is 0.319 e. The minimum absolute atomic E-state index is 0.00179. The maximum atomic E-state index is 12.5. The number of carbonyl (C=O) groups is 3. The summed E-state index contributed by atoms with van der Waals surface area (Å²) in [5.74, 6) is 0.0666. The lowest BCUT2D eigenvalue weighted by Crippen LogP contribution is -2.48. The number of amides is 4. The van der Waals surface area contributed by atoms with Gasteiger partial charge in [-0.2, -0.15) is 0 Å². The van der Waals surface area contributed by atoms with E-state index in [2.05, 4.69) is 26.1 Å². The summed E-state index contributed by atoms with van der Waals surface area (Å²) >= 11 is 0. The van der Waals surface area contributed by atoms with Crippen LogP contribution in [-0.4, -0.2) is 78.9 Å². The number of rotatable bonds is 3. The summed E-state index contributed by atoms with van der Waals surface area (Å²) < 4.78 is 0. The Hall–Kier alpha value is -1.79. The van der Waals surface area contributed by atoms with Gasteiger partial charge in [0.15, 0.2) is 0 Å². The van der Waals surface area contributed by atoms with E-state index in [-0.39, 0.29) is 35.2 Å². The molecule has 0 spiro atoms. The van der Waals surface area contributed by atoms with Crippen LogP contribution in [0.15, 0.2) is 0 Å². The Morgan fingerprint density at radius 3 is 2.32 bits per heavy atom. The summed E-state index contributed by atoms with van der Waals surface area (Å²) in [6.45, 7) is 8.84. The Morgan fingerprint density at radius 1 is 1.20 bits per heavy atom. The van der Waals surface area contributed by atoms with Crippen molar-refractivity contribution in [1.82, 2.24) is 20.0 Å². The largest absolute Gasteiger partial charge is 0.351 e. The maximum Gasteiger partial charge on any atom is 0.319 e. The average molecular weight is 352 g/mol. The van der Waals surface area contributed by atoms with Gasteiger partial charge >= 0.3 is 6.03 Å². The topological polar surface area (TPSA) is 73.0 Å². The van der Waals surface area contributed by atoms with Gasteiger partial charge in [-0.25, -0.2) is 4.79 Å². The fraction of sp³-hybridized carbons (Fsp3) is 0.833. The number of carbonyl (C=O) groups excluding carboxylic acids is 3. The molecule has 0 aromatic heterocycles. The lowest BCUT2D eigenvalue weighted by atomic mass is 9.95. The van der Waals surface area contributed by atoms with E-state index in [1.807, 2.05) is 4.90 Å². The van der Waals surface area contributed by atoms with Gasteiger partial charge in [0.25, 0.3) is 0 Å². The Balaban J connectivity index is 1.80. The van der Waals surface area contributed by atoms with Crippen LogP contribution in [0.5, 0.6) is 0 Å². The highest BCUT2D eigenvalue weighted by Crippen LogP contribution is 2.22. The van der Waals surface area contributed by atoms with Crippen molar-refractivity contribution < 1.29 is 14.4 Å². The number of urea groups is 1. The van der Waals surface area contributed by atoms with Crippen LogP contribution in [0.3, 0.4) is 0 Å². The van der Waals surface area contributed by atoms with Gasteiger partial charge < -0.3 is 20.0 Å². The lowest BCUT2D eigenvalue weighted by molar-refractivity contribution is -0.128. The van der Waals surface area contributed by atoms with E-state index in [0.717, 1.165) is 0 Å². The van der Waals surface area contributed by atoms with Crippen molar-refractivity contribution in [2.24, 2.45) is 11.3 Å². The first-order valence-corrected chi connectivity index (χ1v) is 9.11. The highest BCUT2D eigenvalue weighted by atomic mass is 16.2. The number of piperidine rings is 1. The Kier molecular flexibility index (Phi) is 5.95. The van der Waals surface area contributed by atoms with Crippen LogP contribution >= 0.6 is 0 Å². The van der Waals surface area contributed by atoms with Crippen molar-refractivity contribution in [3.05, 3.63) is 0 Å². The number of hydrogen-bond donors (Lipinski definition) is 1. The van der Waals surface area contributed by atoms with Gasteiger partial charge in [-0.05, 0) is 18.3 Å². The molecule has 25 heavy (non-hydrogen) atoms. The van der Waals surface area contributed by atoms with Gasteiger partial charge in [-0.3, -0.25) is 9.59 Å². The third-order valence-electron chi connectivity index (χ3n) is 4.74. The molecule has 2 aliphatic heterocycles. The molecule has 2 rings (SSSR count). The Morgan fingerprint density at radius 2 is 1.80 bits per heavy atom. The second kappa shape index (κ2) is 7.62. The second-order valence-corrected chi connectivity index (χ2v) is 8.68. The van der Waals surface area contributed by atoms with E-state index < -0.39 is 0 Å². The van der Waals surface area contributed by atoms with Gasteiger partial charge in [-0.1, -0.05) is 20.8 Å². The first-order chi connectivity index (χ1) is 11.6. The predicted octanol–water partition coefficient (Wildman–Crippen LogP) is 1.14. The monoisotopic (exact) mass is 352 g/mol. The van der Waals surface area contributed by atoms with Crippen molar-refractivity contribution in [1.29, 1.82) is 0 Å². The van der Waals surface area contributed by atoms with Gasteiger partial charge in [0.05, 0.1) is 6.04 Å². The molecular weight excluding hydrogens is 320 g/mol. The van der Waals surface area contributed by atoms with Crippen molar-refractivity contribution in [2.45, 2.75) is 46.1 Å². The third kappa shape index (κ3) is 5.34. The molecule has 0 bridgehead atoms. The number of nitrogens with one attached hydrogen (secondary N) is 1. The van der Waals surface area contributed by atoms with E-state index in [1.54, 1.807) is 23.9 Å². The number of likely N-dealkylation sites (tertiary alicyclic amines) is 2. The normalized spacial score (nSPS) is 22.3. The molecule has 2 saturated heterocycles. The molecule has 142 valence electrons. The van der Waals surface area contributed by atoms with Crippen LogP contribution < -0.4 is 5.32 Å². The van der Waals surface area contributed by atoms with Crippen molar-refractivity contribution in [3.8, 4) is 0 Å². The minimum atomic E-state index is -0.0937. The molecule has 0 radical (unpaired) electrons. The van der Waals surface area contributed by atoms with E-state index in [4.69, 9.17) is 0 Å². The van der Waals surface area contributed by atoms with E-state index in [0.29, 0.717) is 45.4 Å². The fourth-order valence-electron chi connectivity index (χ4n) is 3.53. The molecule has 2 aliphatic rings. The number of hydrogen-bond acceptors (Lipinski definition) is 3. The van der Waals surface area contributed by atoms with Gasteiger partial charge in [-0.15, -0.1) is 0 Å². The molecule has 0 saturated carbocycles. The summed E-state index contributed by atoms with van der Waals surface area (Å²) in [7, 11) is 3.48. The maximum absolute atomic E-state index is 12.5. The zero-order valence-electron chi connectivity index (χ0n) is 16.2. The zero-order chi connectivity index (χ0) is 18.8. The van der Waals surface area contributed by atoms with Crippen LogP contribution in [0.25, 0.3) is 0 Å². The van der Waals surface area contributed by atoms with Crippen LogP contribution in [0, 0.1) is 11.3 Å². The molecule has 0 aromatic carbocycles. The SMILES string of the molecule is CN(C)C(=O)N1CCC(C(=O)N[C@@H]2CC(=O)N(CC(C)(C)C)C2)CC1. The average Bonchev–Trinajstić information content (AvgIpc) is 2.84. The number of nitrogens with zero attached hydrogens (tertiary/aromatic N) is 3. The minimum Gasteiger partial charge on any atom is -0.351 e. The summed E-state index contributed by atoms with van der Waals surface area (Å²) in [4.78, 5) is 41.8. The third-order valence-corrected chi connectivity index (χ3v) is 4.74. The highest BCUT2D eigenvalue weighted by Gasteiger charge is 2.35. The molecule has 7 heteroatoms. The van der Waals surface area contributed by atoms with Crippen molar-refractivity contribution in [3.63, 3.8) is 0 Å². The fourth-order valence-corrected chi connectivity index (χ4v) is 3.53. The molecule has 4 amide bonds. The van der Waals surface area contributed by atoms with Crippen molar-refractivity contribution in [2.75, 3.05) is 40.3 Å². The van der Waals surface area contributed by atoms with E-state index in [9.17, 15) is 14.4 Å². The summed E-state index contributed by atoms with van der Waals surface area (Å²) in [5, 5.41) is 3.05. The molecule has 0 unspecified atom stereocenters. The van der Waals surface area contributed by atoms with Gasteiger partial charge in [0, 0.05) is 52.6 Å². The molecular formula is C18H32N4O3. The first kappa shape index (κ1) is 19.5. The summed E-state index contributed by atoms with van der Waals surface area (Å²) in [6.07, 6.45) is 1.75. The second-order valence-electron chi connectivity index (χ2n) is 8.68. The first-order valence-electron chi connectivity index (χ1n) is 9.11. The van der Waals surface area contributed by atoms with Gasteiger partial charge in [0.1, 0.15) is 0 Å². The summed E-state index contributed by atoms with van der Waals surface area (Å²) in [6, 6.07) is -0.0955. The molecule has 1 atom stereocenters. The van der Waals surface area contributed by atoms with E-state index >= 15 is 0 Å². The molecule has 2 heterocycles. The van der Waals surface area contributed by atoms with Crippen LogP contribution in [0.4, 0.5) is 4.79 Å². The van der Waals surface area contributed by atoms with Crippen molar-refractivity contribution >= 4 is 17.8 Å². The van der Waals surface area contributed by atoms with Gasteiger partial charge in [0.2, 0.25) is 11.8 Å². The standard InChI is InChI=1S/C18H32N4O3/c1-18(2,3)12-22-11-14(10-15(22)23)19-16(24)13-6-8-21(9-7-13)17(25)20(4)5/h13-14H,6-12H2,1-5H3,(H,19,24)/t14-/m1/s1.